The number of carbonyl (C=O) groups excluding carboxylic acids is 1. The number of methoxy groups -OCH3 is 1. The van der Waals surface area contributed by atoms with Crippen LogP contribution >= 0.6 is 0 Å². The van der Waals surface area contributed by atoms with Gasteiger partial charge in [-0.3, -0.25) is 9.89 Å². The molecule has 0 aliphatic rings. The fourth-order valence-corrected chi connectivity index (χ4v) is 1.62. The number of aryl methyl sites for hydroxylation is 1. The third-order valence-electron chi connectivity index (χ3n) is 2.93. The second kappa shape index (κ2) is 5.01. The molecule has 1 aromatic carbocycles. The molecule has 1 heterocycles. The quantitative estimate of drug-likeness (QED) is 0.788. The Morgan fingerprint density at radius 1 is 1.42 bits per heavy atom. The van der Waals surface area contributed by atoms with Crippen molar-refractivity contribution in [1.29, 1.82) is 0 Å². The maximum absolute atomic E-state index is 12.0. The fourth-order valence-electron chi connectivity index (χ4n) is 1.62. The van der Waals surface area contributed by atoms with E-state index in [4.69, 9.17) is 4.74 Å². The monoisotopic (exact) mass is 261 g/mol. The molecule has 0 bridgehead atoms. The van der Waals surface area contributed by atoms with E-state index in [-0.39, 0.29) is 11.7 Å². The minimum atomic E-state index is -0.340. The molecule has 0 unspecified atom stereocenters. The topological polar surface area (TPSA) is 87.2 Å². The number of H-pyrrole nitrogens is 1. The number of aromatic amines is 1. The zero-order valence-electron chi connectivity index (χ0n) is 10.9. The number of phenolic OH excluding ortho intramolecular Hbond substituents is 1. The van der Waals surface area contributed by atoms with Gasteiger partial charge in [-0.1, -0.05) is 0 Å². The summed E-state index contributed by atoms with van der Waals surface area (Å²) < 4.78 is 4.92. The standard InChI is InChI=1S/C13H15N3O3/c1-7-8(2)15-16-12(7)14-13(18)9-4-5-11(19-3)10(17)6-9/h4-6,17H,1-3H3,(H2,14,15,16,18). The highest BCUT2D eigenvalue weighted by molar-refractivity contribution is 6.04. The molecule has 0 atom stereocenters. The number of phenols is 1. The summed E-state index contributed by atoms with van der Waals surface area (Å²) in [6, 6.07) is 4.46. The third-order valence-corrected chi connectivity index (χ3v) is 2.93. The lowest BCUT2D eigenvalue weighted by Gasteiger charge is -2.06. The highest BCUT2D eigenvalue weighted by Crippen LogP contribution is 2.26. The van der Waals surface area contributed by atoms with E-state index in [1.54, 1.807) is 6.07 Å². The summed E-state index contributed by atoms with van der Waals surface area (Å²) in [6.45, 7) is 3.73. The molecule has 0 saturated carbocycles. The number of hydrogen-bond acceptors (Lipinski definition) is 4. The number of ether oxygens (including phenoxy) is 1. The highest BCUT2D eigenvalue weighted by Gasteiger charge is 2.13. The van der Waals surface area contributed by atoms with Crippen molar-refractivity contribution in [3.05, 3.63) is 35.0 Å². The summed E-state index contributed by atoms with van der Waals surface area (Å²) in [7, 11) is 1.45. The number of aromatic hydroxyl groups is 1. The summed E-state index contributed by atoms with van der Waals surface area (Å²) in [6.07, 6.45) is 0. The Labute approximate surface area is 110 Å². The Kier molecular flexibility index (Phi) is 3.41. The molecule has 3 N–H and O–H groups in total. The first-order valence-electron chi connectivity index (χ1n) is 5.73. The number of carbonyl (C=O) groups is 1. The van der Waals surface area contributed by atoms with Crippen LogP contribution in [0.25, 0.3) is 0 Å². The predicted octanol–water partition coefficient (Wildman–Crippen LogP) is 1.99. The Hall–Kier alpha value is -2.50. The van der Waals surface area contributed by atoms with E-state index in [1.807, 2.05) is 13.8 Å². The van der Waals surface area contributed by atoms with Crippen LogP contribution in [-0.4, -0.2) is 28.3 Å². The van der Waals surface area contributed by atoms with Crippen LogP contribution in [0, 0.1) is 13.8 Å². The van der Waals surface area contributed by atoms with Crippen LogP contribution in [0.1, 0.15) is 21.6 Å². The largest absolute Gasteiger partial charge is 0.504 e. The number of rotatable bonds is 3. The van der Waals surface area contributed by atoms with Crippen molar-refractivity contribution in [1.82, 2.24) is 10.2 Å². The van der Waals surface area contributed by atoms with Gasteiger partial charge in [-0.2, -0.15) is 5.10 Å². The van der Waals surface area contributed by atoms with Gasteiger partial charge in [0, 0.05) is 16.8 Å². The van der Waals surface area contributed by atoms with Gasteiger partial charge in [0.25, 0.3) is 5.91 Å². The molecule has 6 heteroatoms. The number of nitrogens with one attached hydrogen (secondary N) is 2. The molecular weight excluding hydrogens is 246 g/mol. The second-order valence-electron chi connectivity index (χ2n) is 4.16. The van der Waals surface area contributed by atoms with Gasteiger partial charge in [0.05, 0.1) is 7.11 Å². The van der Waals surface area contributed by atoms with Crippen LogP contribution in [0.4, 0.5) is 5.82 Å². The maximum Gasteiger partial charge on any atom is 0.257 e. The maximum atomic E-state index is 12.0. The Morgan fingerprint density at radius 2 is 2.16 bits per heavy atom. The molecule has 0 saturated heterocycles. The van der Waals surface area contributed by atoms with Crippen molar-refractivity contribution >= 4 is 11.7 Å². The van der Waals surface area contributed by atoms with Gasteiger partial charge in [-0.05, 0) is 32.0 Å². The molecule has 0 spiro atoms. The van der Waals surface area contributed by atoms with Gasteiger partial charge in [0.1, 0.15) is 0 Å². The Bertz CT molecular complexity index is 620. The average molecular weight is 261 g/mol. The van der Waals surface area contributed by atoms with E-state index in [0.29, 0.717) is 17.1 Å². The lowest BCUT2D eigenvalue weighted by atomic mass is 10.2. The van der Waals surface area contributed by atoms with E-state index in [0.717, 1.165) is 11.3 Å². The number of nitrogens with zero attached hydrogens (tertiary/aromatic N) is 1. The molecule has 0 aliphatic carbocycles. The number of anilines is 1. The first-order valence-corrected chi connectivity index (χ1v) is 5.73. The van der Waals surface area contributed by atoms with Crippen LogP contribution in [-0.2, 0) is 0 Å². The molecule has 2 aromatic rings. The smallest absolute Gasteiger partial charge is 0.257 e. The fraction of sp³-hybridized carbons (Fsp3) is 0.231. The van der Waals surface area contributed by atoms with Gasteiger partial charge in [-0.15, -0.1) is 0 Å². The minimum Gasteiger partial charge on any atom is -0.504 e. The third kappa shape index (κ3) is 2.52. The van der Waals surface area contributed by atoms with Crippen molar-refractivity contribution in [2.45, 2.75) is 13.8 Å². The zero-order valence-corrected chi connectivity index (χ0v) is 10.9. The van der Waals surface area contributed by atoms with Crippen LogP contribution in [0.15, 0.2) is 18.2 Å². The van der Waals surface area contributed by atoms with E-state index in [9.17, 15) is 9.90 Å². The van der Waals surface area contributed by atoms with Crippen molar-refractivity contribution in [2.75, 3.05) is 12.4 Å². The van der Waals surface area contributed by atoms with E-state index >= 15 is 0 Å². The van der Waals surface area contributed by atoms with Gasteiger partial charge >= 0.3 is 0 Å². The van der Waals surface area contributed by atoms with Crippen LogP contribution in [0.3, 0.4) is 0 Å². The number of benzene rings is 1. The molecule has 0 fully saturated rings. The molecular formula is C13H15N3O3. The van der Waals surface area contributed by atoms with Crippen LogP contribution < -0.4 is 10.1 Å². The first-order chi connectivity index (χ1) is 9.02. The van der Waals surface area contributed by atoms with E-state index in [1.165, 1.54) is 19.2 Å². The van der Waals surface area contributed by atoms with E-state index in [2.05, 4.69) is 15.5 Å². The number of hydrogen-bond donors (Lipinski definition) is 3. The molecule has 100 valence electrons. The molecule has 1 aromatic heterocycles. The van der Waals surface area contributed by atoms with Gasteiger partial charge in [0.2, 0.25) is 0 Å². The molecule has 19 heavy (non-hydrogen) atoms. The molecule has 0 aliphatic heterocycles. The van der Waals surface area contributed by atoms with Crippen molar-refractivity contribution < 1.29 is 14.6 Å². The van der Waals surface area contributed by atoms with Crippen LogP contribution in [0.2, 0.25) is 0 Å². The SMILES string of the molecule is COc1ccc(C(=O)Nc2n[nH]c(C)c2C)cc1O. The van der Waals surface area contributed by atoms with Crippen LogP contribution in [0.5, 0.6) is 11.5 Å². The minimum absolute atomic E-state index is 0.0786. The molecule has 2 rings (SSSR count). The second-order valence-corrected chi connectivity index (χ2v) is 4.16. The summed E-state index contributed by atoms with van der Waals surface area (Å²) in [4.78, 5) is 12.0. The number of amides is 1. The molecule has 6 nitrogen and oxygen atoms in total. The summed E-state index contributed by atoms with van der Waals surface area (Å²) in [5.41, 5.74) is 2.11. The van der Waals surface area contributed by atoms with Crippen molar-refractivity contribution in [3.8, 4) is 11.5 Å². The van der Waals surface area contributed by atoms with Gasteiger partial charge in [-0.25, -0.2) is 0 Å². The normalized spacial score (nSPS) is 10.3. The lowest BCUT2D eigenvalue weighted by molar-refractivity contribution is 0.102. The van der Waals surface area contributed by atoms with Crippen molar-refractivity contribution in [3.63, 3.8) is 0 Å². The lowest BCUT2D eigenvalue weighted by Crippen LogP contribution is -2.12. The Morgan fingerprint density at radius 3 is 2.68 bits per heavy atom. The number of aromatic nitrogens is 2. The van der Waals surface area contributed by atoms with Crippen molar-refractivity contribution in [2.24, 2.45) is 0 Å². The summed E-state index contributed by atoms with van der Waals surface area (Å²) >= 11 is 0. The average Bonchev–Trinajstić information content (AvgIpc) is 2.70. The van der Waals surface area contributed by atoms with Gasteiger partial charge in [0.15, 0.2) is 17.3 Å². The Balaban J connectivity index is 2.21. The zero-order chi connectivity index (χ0) is 14.0. The highest BCUT2D eigenvalue weighted by atomic mass is 16.5. The summed E-state index contributed by atoms with van der Waals surface area (Å²) in [5, 5.41) is 19.1. The first kappa shape index (κ1) is 12.9. The molecule has 1 amide bonds. The van der Waals surface area contributed by atoms with Gasteiger partial charge < -0.3 is 15.2 Å². The summed E-state index contributed by atoms with van der Waals surface area (Å²) in [5.74, 6) is 0.388. The van der Waals surface area contributed by atoms with E-state index < -0.39 is 0 Å². The molecule has 0 radical (unpaired) electrons. The predicted molar refractivity (Wildman–Crippen MR) is 70.7 cm³/mol.